The molecule has 1 aromatic carbocycles. The molecule has 0 aliphatic carbocycles. The van der Waals surface area contributed by atoms with Crippen molar-refractivity contribution in [3.05, 3.63) is 45.6 Å². The van der Waals surface area contributed by atoms with E-state index in [2.05, 4.69) is 21.0 Å². The molecule has 0 radical (unpaired) electrons. The summed E-state index contributed by atoms with van der Waals surface area (Å²) in [6.45, 7) is 1.96. The summed E-state index contributed by atoms with van der Waals surface area (Å²) in [6.07, 6.45) is -4.35. The van der Waals surface area contributed by atoms with Crippen LogP contribution < -0.4 is 5.73 Å². The van der Waals surface area contributed by atoms with Crippen LogP contribution in [0.25, 0.3) is 0 Å². The van der Waals surface area contributed by atoms with Gasteiger partial charge in [-0.25, -0.2) is 4.68 Å². The van der Waals surface area contributed by atoms with Gasteiger partial charge < -0.3 is 5.73 Å². The van der Waals surface area contributed by atoms with E-state index in [1.165, 1.54) is 10.7 Å². The summed E-state index contributed by atoms with van der Waals surface area (Å²) in [5.41, 5.74) is 6.33. The normalized spacial score (nSPS) is 11.8. The molecule has 0 bridgehead atoms. The Labute approximate surface area is 116 Å². The zero-order valence-corrected chi connectivity index (χ0v) is 11.6. The lowest BCUT2D eigenvalue weighted by Crippen LogP contribution is -2.09. The number of nitrogens with two attached hydrogens (primary N) is 1. The Hall–Kier alpha value is -1.50. The molecular weight excluding hydrogens is 323 g/mol. The molecule has 2 aromatic rings. The van der Waals surface area contributed by atoms with Crippen LogP contribution in [0, 0.1) is 6.92 Å². The van der Waals surface area contributed by atoms with Crippen molar-refractivity contribution in [2.24, 2.45) is 0 Å². The van der Waals surface area contributed by atoms with E-state index in [9.17, 15) is 13.2 Å². The van der Waals surface area contributed by atoms with Gasteiger partial charge in [-0.1, -0.05) is 12.1 Å². The summed E-state index contributed by atoms with van der Waals surface area (Å²) < 4.78 is 39.9. The molecule has 1 aromatic heterocycles. The largest absolute Gasteiger partial charge is 0.416 e. The van der Waals surface area contributed by atoms with E-state index in [0.717, 1.165) is 12.1 Å². The molecule has 0 spiro atoms. The van der Waals surface area contributed by atoms with E-state index in [0.29, 0.717) is 21.5 Å². The van der Waals surface area contributed by atoms with Gasteiger partial charge in [-0.2, -0.15) is 18.3 Å². The first-order valence-corrected chi connectivity index (χ1v) is 6.23. The third-order valence-electron chi connectivity index (χ3n) is 2.68. The smallest absolute Gasteiger partial charge is 0.383 e. The van der Waals surface area contributed by atoms with Crippen LogP contribution in [0.3, 0.4) is 0 Å². The summed E-state index contributed by atoms with van der Waals surface area (Å²) in [5, 5.41) is 4.16. The molecule has 7 heteroatoms. The molecule has 0 amide bonds. The molecule has 0 aliphatic heterocycles. The number of aryl methyl sites for hydroxylation is 1. The minimum absolute atomic E-state index is 0.197. The van der Waals surface area contributed by atoms with Crippen molar-refractivity contribution in [2.75, 3.05) is 5.73 Å². The van der Waals surface area contributed by atoms with E-state index in [4.69, 9.17) is 5.73 Å². The molecule has 0 aliphatic rings. The van der Waals surface area contributed by atoms with Gasteiger partial charge in [0.25, 0.3) is 0 Å². The van der Waals surface area contributed by atoms with Crippen LogP contribution in [-0.4, -0.2) is 9.78 Å². The predicted octanol–water partition coefficient (Wildman–Crippen LogP) is 3.60. The van der Waals surface area contributed by atoms with Crippen molar-refractivity contribution in [1.29, 1.82) is 0 Å². The van der Waals surface area contributed by atoms with Crippen molar-refractivity contribution >= 4 is 21.7 Å². The number of hydrogen-bond donors (Lipinski definition) is 1. The first-order chi connectivity index (χ1) is 8.79. The monoisotopic (exact) mass is 333 g/mol. The Bertz CT molecular complexity index is 605. The molecule has 3 nitrogen and oxygen atoms in total. The molecule has 19 heavy (non-hydrogen) atoms. The second-order valence-electron chi connectivity index (χ2n) is 4.14. The van der Waals surface area contributed by atoms with Crippen LogP contribution in [0.5, 0.6) is 0 Å². The number of anilines is 1. The zero-order chi connectivity index (χ0) is 14.2. The van der Waals surface area contributed by atoms with Crippen LogP contribution in [0.2, 0.25) is 0 Å². The lowest BCUT2D eigenvalue weighted by Gasteiger charge is -2.09. The van der Waals surface area contributed by atoms with Gasteiger partial charge in [0.2, 0.25) is 0 Å². The highest BCUT2D eigenvalue weighted by Crippen LogP contribution is 2.30. The van der Waals surface area contributed by atoms with Gasteiger partial charge in [-0.05, 0) is 40.5 Å². The first-order valence-electron chi connectivity index (χ1n) is 5.43. The molecule has 0 saturated heterocycles. The highest BCUT2D eigenvalue weighted by atomic mass is 79.9. The first kappa shape index (κ1) is 13.9. The van der Waals surface area contributed by atoms with Gasteiger partial charge >= 0.3 is 6.18 Å². The van der Waals surface area contributed by atoms with Gasteiger partial charge in [0, 0.05) is 0 Å². The summed E-state index contributed by atoms with van der Waals surface area (Å²) in [7, 11) is 0. The molecule has 0 fully saturated rings. The molecule has 0 saturated carbocycles. The van der Waals surface area contributed by atoms with Crippen molar-refractivity contribution < 1.29 is 13.2 Å². The van der Waals surface area contributed by atoms with E-state index in [-0.39, 0.29) is 6.54 Å². The standard InChI is InChI=1S/C12H11BrF3N3/c1-7-10(13)11(17)19(18-7)6-8-3-2-4-9(5-8)12(14,15)16/h2-5H,6,17H2,1H3. The average Bonchev–Trinajstić information content (AvgIpc) is 2.56. The number of benzene rings is 1. The van der Waals surface area contributed by atoms with E-state index < -0.39 is 11.7 Å². The number of nitrogen functional groups attached to an aromatic ring is 1. The highest BCUT2D eigenvalue weighted by molar-refractivity contribution is 9.10. The number of hydrogen-bond acceptors (Lipinski definition) is 2. The Balaban J connectivity index is 2.31. The van der Waals surface area contributed by atoms with Gasteiger partial charge in [0.1, 0.15) is 5.82 Å². The fourth-order valence-electron chi connectivity index (χ4n) is 1.72. The molecule has 0 unspecified atom stereocenters. The van der Waals surface area contributed by atoms with E-state index in [1.807, 2.05) is 0 Å². The number of rotatable bonds is 2. The number of aromatic nitrogens is 2. The Morgan fingerprint density at radius 3 is 2.58 bits per heavy atom. The lowest BCUT2D eigenvalue weighted by molar-refractivity contribution is -0.137. The van der Waals surface area contributed by atoms with Crippen LogP contribution >= 0.6 is 15.9 Å². The number of nitrogens with zero attached hydrogens (tertiary/aromatic N) is 2. The van der Waals surface area contributed by atoms with E-state index in [1.54, 1.807) is 13.0 Å². The van der Waals surface area contributed by atoms with Crippen LogP contribution in [0.15, 0.2) is 28.7 Å². The SMILES string of the molecule is Cc1nn(Cc2cccc(C(F)(F)F)c2)c(N)c1Br. The quantitative estimate of drug-likeness (QED) is 0.912. The Kier molecular flexibility index (Phi) is 3.58. The minimum Gasteiger partial charge on any atom is -0.383 e. The third kappa shape index (κ3) is 2.91. The van der Waals surface area contributed by atoms with Gasteiger partial charge in [0.05, 0.1) is 22.3 Å². The molecule has 0 atom stereocenters. The van der Waals surface area contributed by atoms with Crippen LogP contribution in [0.1, 0.15) is 16.8 Å². The van der Waals surface area contributed by atoms with E-state index >= 15 is 0 Å². The summed E-state index contributed by atoms with van der Waals surface area (Å²) in [4.78, 5) is 0. The van der Waals surface area contributed by atoms with Gasteiger partial charge in [-0.15, -0.1) is 0 Å². The molecule has 1 heterocycles. The maximum absolute atomic E-state index is 12.6. The van der Waals surface area contributed by atoms with Crippen LogP contribution in [0.4, 0.5) is 19.0 Å². The van der Waals surface area contributed by atoms with Crippen molar-refractivity contribution in [3.63, 3.8) is 0 Å². The Morgan fingerprint density at radius 2 is 2.05 bits per heavy atom. The maximum Gasteiger partial charge on any atom is 0.416 e. The topological polar surface area (TPSA) is 43.8 Å². The summed E-state index contributed by atoms with van der Waals surface area (Å²) >= 11 is 3.27. The van der Waals surface area contributed by atoms with Crippen molar-refractivity contribution in [2.45, 2.75) is 19.6 Å². The molecular formula is C12H11BrF3N3. The molecule has 2 rings (SSSR count). The average molecular weight is 334 g/mol. The fraction of sp³-hybridized carbons (Fsp3) is 0.250. The fourth-order valence-corrected chi connectivity index (χ4v) is 2.00. The third-order valence-corrected chi connectivity index (χ3v) is 3.66. The molecule has 2 N–H and O–H groups in total. The summed E-state index contributed by atoms with van der Waals surface area (Å²) in [6, 6.07) is 5.13. The zero-order valence-electron chi connectivity index (χ0n) is 10.0. The second kappa shape index (κ2) is 4.88. The molecule has 102 valence electrons. The van der Waals surface area contributed by atoms with Crippen LogP contribution in [-0.2, 0) is 12.7 Å². The highest BCUT2D eigenvalue weighted by Gasteiger charge is 2.30. The number of alkyl halides is 3. The lowest BCUT2D eigenvalue weighted by atomic mass is 10.1. The maximum atomic E-state index is 12.6. The second-order valence-corrected chi connectivity index (χ2v) is 4.93. The summed E-state index contributed by atoms with van der Waals surface area (Å²) in [5.74, 6) is 0.398. The van der Waals surface area contributed by atoms with Crippen molar-refractivity contribution in [1.82, 2.24) is 9.78 Å². The minimum atomic E-state index is -4.35. The predicted molar refractivity (Wildman–Crippen MR) is 69.6 cm³/mol. The number of halogens is 4. The Morgan fingerprint density at radius 1 is 1.37 bits per heavy atom. The van der Waals surface area contributed by atoms with Crippen molar-refractivity contribution in [3.8, 4) is 0 Å². The van der Waals surface area contributed by atoms with Gasteiger partial charge in [-0.3, -0.25) is 0 Å². The van der Waals surface area contributed by atoms with Gasteiger partial charge in [0.15, 0.2) is 0 Å².